The lowest BCUT2D eigenvalue weighted by molar-refractivity contribution is 0.0284. The van der Waals surface area contributed by atoms with Gasteiger partial charge in [-0.1, -0.05) is 6.92 Å². The molecule has 0 saturated carbocycles. The van der Waals surface area contributed by atoms with E-state index in [-0.39, 0.29) is 12.1 Å². The van der Waals surface area contributed by atoms with Crippen molar-refractivity contribution >= 4 is 6.09 Å². The molecule has 5 heteroatoms. The summed E-state index contributed by atoms with van der Waals surface area (Å²) in [7, 11) is 0. The van der Waals surface area contributed by atoms with Crippen molar-refractivity contribution in [2.75, 3.05) is 26.2 Å². The van der Waals surface area contributed by atoms with Gasteiger partial charge in [-0.25, -0.2) is 4.79 Å². The first-order valence-electron chi connectivity index (χ1n) is 7.95. The maximum atomic E-state index is 12.1. The number of carbonyl (C=O) groups excluding carboxylic acids is 1. The minimum Gasteiger partial charge on any atom is -0.496 e. The lowest BCUT2D eigenvalue weighted by Gasteiger charge is -2.27. The maximum Gasteiger partial charge on any atom is 0.410 e. The third-order valence-corrected chi connectivity index (χ3v) is 3.81. The van der Waals surface area contributed by atoms with Crippen molar-refractivity contribution in [1.82, 2.24) is 10.2 Å². The topological polar surface area (TPSA) is 50.8 Å². The van der Waals surface area contributed by atoms with Crippen LogP contribution in [0.2, 0.25) is 0 Å². The molecule has 2 unspecified atom stereocenters. The molecule has 2 heterocycles. The van der Waals surface area contributed by atoms with Crippen molar-refractivity contribution in [2.24, 2.45) is 5.92 Å². The standard InChI is InChI=1S/C16H28N2O3/c1-5-17-14(13-7-6-10-20-13)12-8-9-18(11-12)15(19)21-16(2,3)4/h7,12,14,17H,5-6,8-11H2,1-4H3. The SMILES string of the molecule is CCNC(C1=CCCO1)C1CCN(C(=O)OC(C)(C)C)C1. The quantitative estimate of drug-likeness (QED) is 0.866. The van der Waals surface area contributed by atoms with Crippen LogP contribution in [0.4, 0.5) is 4.79 Å². The number of nitrogens with one attached hydrogen (secondary N) is 1. The molecule has 21 heavy (non-hydrogen) atoms. The van der Waals surface area contributed by atoms with Gasteiger partial charge in [-0.15, -0.1) is 0 Å². The number of carbonyl (C=O) groups is 1. The smallest absolute Gasteiger partial charge is 0.410 e. The molecule has 1 N–H and O–H groups in total. The van der Waals surface area contributed by atoms with Gasteiger partial charge in [0.2, 0.25) is 0 Å². The molecular weight excluding hydrogens is 268 g/mol. The van der Waals surface area contributed by atoms with E-state index in [1.165, 1.54) is 0 Å². The third kappa shape index (κ3) is 4.37. The molecule has 0 aromatic rings. The van der Waals surface area contributed by atoms with Gasteiger partial charge in [0.05, 0.1) is 12.6 Å². The van der Waals surface area contributed by atoms with Crippen molar-refractivity contribution in [2.45, 2.75) is 52.2 Å². The molecule has 1 saturated heterocycles. The summed E-state index contributed by atoms with van der Waals surface area (Å²) >= 11 is 0. The van der Waals surface area contributed by atoms with Crippen LogP contribution >= 0.6 is 0 Å². The van der Waals surface area contributed by atoms with E-state index < -0.39 is 5.60 Å². The first-order chi connectivity index (χ1) is 9.90. The summed E-state index contributed by atoms with van der Waals surface area (Å²) in [6, 6.07) is 0.213. The van der Waals surface area contributed by atoms with Gasteiger partial charge in [0.15, 0.2) is 0 Å². The summed E-state index contributed by atoms with van der Waals surface area (Å²) in [4.78, 5) is 14.0. The van der Waals surface area contributed by atoms with Crippen LogP contribution in [-0.2, 0) is 9.47 Å². The van der Waals surface area contributed by atoms with Crippen molar-refractivity contribution in [3.05, 3.63) is 11.8 Å². The van der Waals surface area contributed by atoms with E-state index in [0.717, 1.165) is 44.8 Å². The first kappa shape index (κ1) is 16.1. The van der Waals surface area contributed by atoms with Crippen LogP contribution < -0.4 is 5.32 Å². The Kier molecular flexibility index (Phi) is 5.14. The van der Waals surface area contributed by atoms with Crippen molar-refractivity contribution < 1.29 is 14.3 Å². The number of ether oxygens (including phenoxy) is 2. The van der Waals surface area contributed by atoms with E-state index in [2.05, 4.69) is 18.3 Å². The monoisotopic (exact) mass is 296 g/mol. The van der Waals surface area contributed by atoms with Gasteiger partial charge in [0.25, 0.3) is 0 Å². The zero-order valence-corrected chi connectivity index (χ0v) is 13.6. The first-order valence-corrected chi connectivity index (χ1v) is 7.95. The van der Waals surface area contributed by atoms with Crippen molar-refractivity contribution in [1.29, 1.82) is 0 Å². The van der Waals surface area contributed by atoms with E-state index >= 15 is 0 Å². The fourth-order valence-corrected chi connectivity index (χ4v) is 2.92. The van der Waals surface area contributed by atoms with E-state index in [9.17, 15) is 4.79 Å². The second-order valence-electron chi connectivity index (χ2n) is 6.75. The lowest BCUT2D eigenvalue weighted by Crippen LogP contribution is -2.41. The number of nitrogens with zero attached hydrogens (tertiary/aromatic N) is 1. The van der Waals surface area contributed by atoms with Crippen LogP contribution in [0.3, 0.4) is 0 Å². The number of amides is 1. The molecule has 5 nitrogen and oxygen atoms in total. The fourth-order valence-electron chi connectivity index (χ4n) is 2.92. The molecule has 0 bridgehead atoms. The predicted molar refractivity (Wildman–Crippen MR) is 82.0 cm³/mol. The van der Waals surface area contributed by atoms with Gasteiger partial charge in [-0.05, 0) is 39.8 Å². The van der Waals surface area contributed by atoms with Gasteiger partial charge in [0.1, 0.15) is 11.4 Å². The average Bonchev–Trinajstić information content (AvgIpc) is 3.05. The van der Waals surface area contributed by atoms with Crippen LogP contribution in [0.5, 0.6) is 0 Å². The average molecular weight is 296 g/mol. The summed E-state index contributed by atoms with van der Waals surface area (Å²) in [5.41, 5.74) is -0.437. The number of likely N-dealkylation sites (N-methyl/N-ethyl adjacent to an activating group) is 1. The highest BCUT2D eigenvalue weighted by Gasteiger charge is 2.36. The van der Waals surface area contributed by atoms with Crippen LogP contribution in [-0.4, -0.2) is 48.9 Å². The molecule has 2 atom stereocenters. The number of likely N-dealkylation sites (tertiary alicyclic amines) is 1. The van der Waals surface area contributed by atoms with E-state index in [1.54, 1.807) is 0 Å². The molecule has 2 rings (SSSR count). The lowest BCUT2D eigenvalue weighted by atomic mass is 9.97. The minimum absolute atomic E-state index is 0.207. The molecule has 120 valence electrons. The Hall–Kier alpha value is -1.23. The summed E-state index contributed by atoms with van der Waals surface area (Å²) in [6.07, 6.45) is 3.93. The largest absolute Gasteiger partial charge is 0.496 e. The Balaban J connectivity index is 1.94. The second kappa shape index (κ2) is 6.69. The van der Waals surface area contributed by atoms with Crippen molar-refractivity contribution in [3.8, 4) is 0 Å². The van der Waals surface area contributed by atoms with E-state index in [4.69, 9.17) is 9.47 Å². The Morgan fingerprint density at radius 1 is 1.57 bits per heavy atom. The highest BCUT2D eigenvalue weighted by Crippen LogP contribution is 2.28. The highest BCUT2D eigenvalue weighted by atomic mass is 16.6. The second-order valence-corrected chi connectivity index (χ2v) is 6.75. The Morgan fingerprint density at radius 3 is 2.90 bits per heavy atom. The van der Waals surface area contributed by atoms with Crippen molar-refractivity contribution in [3.63, 3.8) is 0 Å². The van der Waals surface area contributed by atoms with Gasteiger partial charge in [-0.2, -0.15) is 0 Å². The molecule has 0 aliphatic carbocycles. The number of rotatable bonds is 4. The molecule has 1 amide bonds. The van der Waals surface area contributed by atoms with E-state index in [0.29, 0.717) is 5.92 Å². The highest BCUT2D eigenvalue weighted by molar-refractivity contribution is 5.68. The molecule has 1 fully saturated rings. The van der Waals surface area contributed by atoms with Gasteiger partial charge < -0.3 is 19.7 Å². The van der Waals surface area contributed by atoms with Crippen LogP contribution in [0.15, 0.2) is 11.8 Å². The van der Waals surface area contributed by atoms with Gasteiger partial charge in [-0.3, -0.25) is 0 Å². The fraction of sp³-hybridized carbons (Fsp3) is 0.812. The van der Waals surface area contributed by atoms with Gasteiger partial charge >= 0.3 is 6.09 Å². The third-order valence-electron chi connectivity index (χ3n) is 3.81. The molecule has 0 radical (unpaired) electrons. The zero-order chi connectivity index (χ0) is 15.5. The summed E-state index contributed by atoms with van der Waals surface area (Å²) < 4.78 is 11.2. The normalized spacial score (nSPS) is 23.7. The van der Waals surface area contributed by atoms with Crippen LogP contribution in [0.25, 0.3) is 0 Å². The summed E-state index contributed by atoms with van der Waals surface area (Å²) in [5, 5.41) is 3.50. The molecule has 0 spiro atoms. The zero-order valence-electron chi connectivity index (χ0n) is 13.6. The molecule has 2 aliphatic heterocycles. The Bertz CT molecular complexity index is 401. The minimum atomic E-state index is -0.437. The maximum absolute atomic E-state index is 12.1. The Labute approximate surface area is 127 Å². The number of hydrogen-bond donors (Lipinski definition) is 1. The van der Waals surface area contributed by atoms with Crippen LogP contribution in [0, 0.1) is 5.92 Å². The molecule has 2 aliphatic rings. The van der Waals surface area contributed by atoms with Gasteiger partial charge in [0, 0.05) is 25.4 Å². The Morgan fingerprint density at radius 2 is 2.33 bits per heavy atom. The molecular formula is C16H28N2O3. The number of hydrogen-bond acceptors (Lipinski definition) is 4. The van der Waals surface area contributed by atoms with Crippen LogP contribution in [0.1, 0.15) is 40.5 Å². The summed E-state index contributed by atoms with van der Waals surface area (Å²) in [6.45, 7) is 11.0. The molecule has 0 aromatic heterocycles. The molecule has 0 aromatic carbocycles. The predicted octanol–water partition coefficient (Wildman–Crippen LogP) is 2.53. The summed E-state index contributed by atoms with van der Waals surface area (Å²) in [5.74, 6) is 1.44. The van der Waals surface area contributed by atoms with E-state index in [1.807, 2.05) is 25.7 Å².